The number of methoxy groups -OCH3 is 1. The number of anilines is 1. The summed E-state index contributed by atoms with van der Waals surface area (Å²) in [6.07, 6.45) is 1.54. The first-order valence-electron chi connectivity index (χ1n) is 5.51. The lowest BCUT2D eigenvalue weighted by molar-refractivity contribution is 0.0602. The Morgan fingerprint density at radius 2 is 2.21 bits per heavy atom. The van der Waals surface area contributed by atoms with E-state index in [0.717, 1.165) is 4.88 Å². The number of amides is 1. The first kappa shape index (κ1) is 13.3. The number of hydrogen-bond acceptors (Lipinski definition) is 5. The molecule has 0 aliphatic rings. The number of nitrogens with zero attached hydrogens (tertiary/aromatic N) is 2. The molecule has 2 aromatic rings. The van der Waals surface area contributed by atoms with E-state index >= 15 is 0 Å². The van der Waals surface area contributed by atoms with Crippen LogP contribution in [-0.4, -0.2) is 28.8 Å². The van der Waals surface area contributed by atoms with Crippen LogP contribution in [-0.2, 0) is 11.8 Å². The van der Waals surface area contributed by atoms with E-state index in [1.165, 1.54) is 29.3 Å². The molecule has 0 saturated carbocycles. The smallest absolute Gasteiger partial charge is 0.340 e. The number of ether oxygens (including phenoxy) is 1. The van der Waals surface area contributed by atoms with Crippen LogP contribution >= 0.6 is 11.3 Å². The van der Waals surface area contributed by atoms with Gasteiger partial charge in [-0.05, 0) is 19.1 Å². The van der Waals surface area contributed by atoms with Gasteiger partial charge >= 0.3 is 5.97 Å². The molecule has 7 heteroatoms. The number of aromatic nitrogens is 2. The lowest BCUT2D eigenvalue weighted by Crippen LogP contribution is -2.17. The minimum absolute atomic E-state index is 0.313. The monoisotopic (exact) mass is 279 g/mol. The van der Waals surface area contributed by atoms with Crippen molar-refractivity contribution in [2.45, 2.75) is 6.92 Å². The Bertz CT molecular complexity index is 630. The van der Waals surface area contributed by atoms with Crippen molar-refractivity contribution >= 4 is 28.2 Å². The van der Waals surface area contributed by atoms with E-state index in [9.17, 15) is 9.59 Å². The van der Waals surface area contributed by atoms with Gasteiger partial charge < -0.3 is 10.1 Å². The van der Waals surface area contributed by atoms with Gasteiger partial charge in [0.05, 0.1) is 12.7 Å². The van der Waals surface area contributed by atoms with Gasteiger partial charge in [-0.15, -0.1) is 11.3 Å². The molecule has 2 heterocycles. The SMILES string of the molecule is COC(=O)c1cc(C)sc1NC(=O)c1ccnn1C. The second kappa shape index (κ2) is 5.23. The quantitative estimate of drug-likeness (QED) is 0.870. The van der Waals surface area contributed by atoms with Crippen LogP contribution in [0.4, 0.5) is 5.00 Å². The summed E-state index contributed by atoms with van der Waals surface area (Å²) in [4.78, 5) is 24.6. The molecule has 0 fully saturated rings. The van der Waals surface area contributed by atoms with Gasteiger partial charge in [0.25, 0.3) is 5.91 Å². The van der Waals surface area contributed by atoms with Crippen LogP contribution in [0.1, 0.15) is 25.7 Å². The number of rotatable bonds is 3. The minimum Gasteiger partial charge on any atom is -0.465 e. The third-order valence-corrected chi connectivity index (χ3v) is 3.51. The Balaban J connectivity index is 2.27. The molecule has 0 aliphatic heterocycles. The maximum absolute atomic E-state index is 12.1. The molecule has 6 nitrogen and oxygen atoms in total. The van der Waals surface area contributed by atoms with E-state index < -0.39 is 5.97 Å². The van der Waals surface area contributed by atoms with E-state index in [1.807, 2.05) is 6.92 Å². The molecular weight excluding hydrogens is 266 g/mol. The Hall–Kier alpha value is -2.15. The molecule has 100 valence electrons. The van der Waals surface area contributed by atoms with E-state index in [2.05, 4.69) is 15.2 Å². The number of aryl methyl sites for hydroxylation is 2. The molecular formula is C12H13N3O3S. The molecule has 0 spiro atoms. The highest BCUT2D eigenvalue weighted by atomic mass is 32.1. The first-order valence-corrected chi connectivity index (χ1v) is 6.32. The molecule has 0 atom stereocenters. The normalized spacial score (nSPS) is 10.3. The second-order valence-electron chi connectivity index (χ2n) is 3.89. The number of carbonyl (C=O) groups excluding carboxylic acids is 2. The van der Waals surface area contributed by atoms with Crippen LogP contribution < -0.4 is 5.32 Å². The maximum atomic E-state index is 12.1. The zero-order valence-electron chi connectivity index (χ0n) is 10.8. The Morgan fingerprint density at radius 3 is 2.79 bits per heavy atom. The Kier molecular flexibility index (Phi) is 3.66. The first-order chi connectivity index (χ1) is 9.02. The van der Waals surface area contributed by atoms with E-state index in [0.29, 0.717) is 16.3 Å². The largest absolute Gasteiger partial charge is 0.465 e. The van der Waals surface area contributed by atoms with Gasteiger partial charge in [-0.2, -0.15) is 5.10 Å². The van der Waals surface area contributed by atoms with Crippen molar-refractivity contribution in [2.24, 2.45) is 7.05 Å². The van der Waals surface area contributed by atoms with Crippen molar-refractivity contribution in [2.75, 3.05) is 12.4 Å². The predicted octanol–water partition coefficient (Wildman–Crippen LogP) is 1.83. The van der Waals surface area contributed by atoms with Gasteiger partial charge in [0.2, 0.25) is 0 Å². The summed E-state index contributed by atoms with van der Waals surface area (Å²) < 4.78 is 6.15. The fourth-order valence-electron chi connectivity index (χ4n) is 1.63. The molecule has 0 aromatic carbocycles. The van der Waals surface area contributed by atoms with Crippen LogP contribution in [0.25, 0.3) is 0 Å². The van der Waals surface area contributed by atoms with Crippen molar-refractivity contribution in [3.05, 3.63) is 34.5 Å². The molecule has 1 N–H and O–H groups in total. The van der Waals surface area contributed by atoms with Gasteiger partial charge in [0.15, 0.2) is 0 Å². The summed E-state index contributed by atoms with van der Waals surface area (Å²) in [5.41, 5.74) is 0.780. The lowest BCUT2D eigenvalue weighted by Gasteiger charge is -2.05. The predicted molar refractivity (Wildman–Crippen MR) is 71.6 cm³/mol. The van der Waals surface area contributed by atoms with E-state index in [4.69, 9.17) is 0 Å². The van der Waals surface area contributed by atoms with Crippen LogP contribution in [0, 0.1) is 6.92 Å². The minimum atomic E-state index is -0.468. The lowest BCUT2D eigenvalue weighted by atomic mass is 10.3. The van der Waals surface area contributed by atoms with Crippen LogP contribution in [0.15, 0.2) is 18.3 Å². The fraction of sp³-hybridized carbons (Fsp3) is 0.250. The van der Waals surface area contributed by atoms with Crippen LogP contribution in [0.3, 0.4) is 0 Å². The molecule has 1 amide bonds. The van der Waals surface area contributed by atoms with Crippen molar-refractivity contribution < 1.29 is 14.3 Å². The van der Waals surface area contributed by atoms with Crippen LogP contribution in [0.5, 0.6) is 0 Å². The number of esters is 1. The Morgan fingerprint density at radius 1 is 1.47 bits per heavy atom. The van der Waals surface area contributed by atoms with Crippen molar-refractivity contribution in [3.63, 3.8) is 0 Å². The zero-order valence-corrected chi connectivity index (χ0v) is 11.6. The zero-order chi connectivity index (χ0) is 14.0. The maximum Gasteiger partial charge on any atom is 0.340 e. The molecule has 0 aliphatic carbocycles. The summed E-state index contributed by atoms with van der Waals surface area (Å²) in [5.74, 6) is -0.781. The summed E-state index contributed by atoms with van der Waals surface area (Å²) in [7, 11) is 2.98. The highest BCUT2D eigenvalue weighted by Gasteiger charge is 2.19. The molecule has 2 rings (SSSR count). The van der Waals surface area contributed by atoms with Gasteiger partial charge in [0, 0.05) is 18.1 Å². The molecule has 0 saturated heterocycles. The number of nitrogens with one attached hydrogen (secondary N) is 1. The number of carbonyl (C=O) groups is 2. The third kappa shape index (κ3) is 2.65. The average molecular weight is 279 g/mol. The van der Waals surface area contributed by atoms with Gasteiger partial charge in [0.1, 0.15) is 10.7 Å². The van der Waals surface area contributed by atoms with Gasteiger partial charge in [-0.25, -0.2) is 4.79 Å². The summed E-state index contributed by atoms with van der Waals surface area (Å²) in [6.45, 7) is 1.86. The summed E-state index contributed by atoms with van der Waals surface area (Å²) in [5, 5.41) is 7.12. The van der Waals surface area contributed by atoms with E-state index in [-0.39, 0.29) is 5.91 Å². The standard InChI is InChI=1S/C12H13N3O3S/c1-7-6-8(12(17)18-3)11(19-7)14-10(16)9-4-5-13-15(9)2/h4-6H,1-3H3,(H,14,16). The highest BCUT2D eigenvalue weighted by Crippen LogP contribution is 2.28. The van der Waals surface area contributed by atoms with Gasteiger partial charge in [-0.1, -0.05) is 0 Å². The molecule has 2 aromatic heterocycles. The molecule has 19 heavy (non-hydrogen) atoms. The van der Waals surface area contributed by atoms with Crippen molar-refractivity contribution in [1.29, 1.82) is 0 Å². The molecule has 0 unspecified atom stereocenters. The number of thiophene rings is 1. The third-order valence-electron chi connectivity index (χ3n) is 2.54. The summed E-state index contributed by atoms with van der Waals surface area (Å²) in [6, 6.07) is 3.29. The number of hydrogen-bond donors (Lipinski definition) is 1. The topological polar surface area (TPSA) is 73.2 Å². The van der Waals surface area contributed by atoms with Crippen molar-refractivity contribution in [3.8, 4) is 0 Å². The second-order valence-corrected chi connectivity index (χ2v) is 5.14. The highest BCUT2D eigenvalue weighted by molar-refractivity contribution is 7.16. The van der Waals surface area contributed by atoms with Gasteiger partial charge in [-0.3, -0.25) is 9.48 Å². The van der Waals surface area contributed by atoms with E-state index in [1.54, 1.807) is 19.2 Å². The van der Waals surface area contributed by atoms with Crippen LogP contribution in [0.2, 0.25) is 0 Å². The fourth-order valence-corrected chi connectivity index (χ4v) is 2.53. The Labute approximate surface area is 114 Å². The molecule has 0 bridgehead atoms. The molecule has 0 radical (unpaired) electrons. The summed E-state index contributed by atoms with van der Waals surface area (Å²) >= 11 is 1.33. The van der Waals surface area contributed by atoms with Crippen molar-refractivity contribution in [1.82, 2.24) is 9.78 Å². The average Bonchev–Trinajstić information content (AvgIpc) is 2.94.